The lowest BCUT2D eigenvalue weighted by molar-refractivity contribution is -0.141. The topological polar surface area (TPSA) is 231 Å². The number of nitrogens with one attached hydrogen (secondary N) is 1. The van der Waals surface area contributed by atoms with Gasteiger partial charge in [0.05, 0.1) is 64.7 Å². The number of carbonyl (C=O) groups is 6. The number of sulfonamides is 1. The van der Waals surface area contributed by atoms with Crippen molar-refractivity contribution in [2.24, 2.45) is 16.7 Å². The monoisotopic (exact) mass is 1630 g/mol. The molecule has 3 unspecified atom stereocenters. The van der Waals surface area contributed by atoms with E-state index in [0.717, 1.165) is 79.6 Å². The van der Waals surface area contributed by atoms with Crippen molar-refractivity contribution in [1.29, 1.82) is 0 Å². The summed E-state index contributed by atoms with van der Waals surface area (Å²) in [6, 6.07) is 22.5. The Balaban J connectivity index is 0.000000148. The van der Waals surface area contributed by atoms with Crippen LogP contribution < -0.4 is 5.32 Å². The molecule has 8 aliphatic rings. The highest BCUT2D eigenvalue weighted by molar-refractivity contribution is 7.88. The summed E-state index contributed by atoms with van der Waals surface area (Å²) >= 11 is 25.6. The number of hydrazine groups is 1. The van der Waals surface area contributed by atoms with Crippen LogP contribution in [-0.4, -0.2) is 166 Å². The number of rotatable bonds is 11. The molecule has 596 valence electrons. The van der Waals surface area contributed by atoms with Gasteiger partial charge in [-0.3, -0.25) is 33.6 Å². The number of ether oxygens (including phenoxy) is 1. The first-order valence-corrected chi connectivity index (χ1v) is 42.1. The second-order valence-corrected chi connectivity index (χ2v) is 36.4. The lowest BCUT2D eigenvalue weighted by Gasteiger charge is -2.43. The summed E-state index contributed by atoms with van der Waals surface area (Å²) in [4.78, 5) is 85.3. The molecular weight excluding hydrogens is 1530 g/mol. The van der Waals surface area contributed by atoms with Gasteiger partial charge in [-0.05, 0) is 197 Å². The minimum atomic E-state index is -3.32. The molecule has 15 rings (SSSR count). The summed E-state index contributed by atoms with van der Waals surface area (Å²) in [6.45, 7) is 18.9. The Morgan fingerprint density at radius 2 is 1.12 bits per heavy atom. The number of hydrogen-bond acceptors (Lipinski definition) is 13. The van der Waals surface area contributed by atoms with Gasteiger partial charge in [0.1, 0.15) is 17.2 Å². The Morgan fingerprint density at radius 3 is 1.63 bits per heavy atom. The van der Waals surface area contributed by atoms with Crippen LogP contribution in [-0.2, 0) is 50.4 Å². The van der Waals surface area contributed by atoms with Crippen LogP contribution in [0.15, 0.2) is 84.9 Å². The molecule has 0 spiro atoms. The van der Waals surface area contributed by atoms with Gasteiger partial charge in [-0.1, -0.05) is 117 Å². The van der Waals surface area contributed by atoms with Crippen molar-refractivity contribution < 1.29 is 50.7 Å². The van der Waals surface area contributed by atoms with E-state index < -0.39 is 33.5 Å². The Labute approximate surface area is 673 Å². The summed E-state index contributed by atoms with van der Waals surface area (Å²) < 4.78 is 64.4. The van der Waals surface area contributed by atoms with Crippen LogP contribution in [0.2, 0.25) is 20.1 Å². The Hall–Kier alpha value is -8.30. The number of halogens is 6. The molecule has 112 heavy (non-hydrogen) atoms. The van der Waals surface area contributed by atoms with E-state index in [0.29, 0.717) is 127 Å². The third-order valence-electron chi connectivity index (χ3n) is 23.1. The molecule has 5 aliphatic heterocycles. The quantitative estimate of drug-likeness (QED) is 0.127. The van der Waals surface area contributed by atoms with E-state index in [-0.39, 0.29) is 90.3 Å². The van der Waals surface area contributed by atoms with Crippen LogP contribution >= 0.6 is 46.4 Å². The molecule has 7 aromatic rings. The molecule has 5 fully saturated rings. The zero-order chi connectivity index (χ0) is 80.0. The summed E-state index contributed by atoms with van der Waals surface area (Å²) in [5.74, 6) is -1.57. The maximum atomic E-state index is 14.1. The molecule has 6 amide bonds. The number of amides is 6. The summed E-state index contributed by atoms with van der Waals surface area (Å²) in [5.41, 5.74) is 8.33. The van der Waals surface area contributed by atoms with Crippen molar-refractivity contribution in [3.05, 3.63) is 179 Å². The SMILES string of the molecule is CC(=O)N1C/C(=C\c2ccc(F)cc2)c2c(c(C(=O)N(C(C)=O)N3CCCCC3)nn2-c2ccc(Cl)cc2Cl)C1.CC(C)(C)OC(=O)N1C/C(=C\c2ccc(F)cc2)c2c(c(C(=O)N3CCCCC3)nn2-c2ccc(Cl)cc2Cl)C1.CC12CCC(C1)C(C)(C)C2NC(=O)c1nn(C2CCCCC2)c2c1CN(S(C)(=O)=O)CC2. The van der Waals surface area contributed by atoms with Gasteiger partial charge >= 0.3 is 6.09 Å². The molecule has 2 bridgehead atoms. The molecule has 1 N–H and O–H groups in total. The van der Waals surface area contributed by atoms with Crippen molar-refractivity contribution in [2.45, 2.75) is 189 Å². The minimum Gasteiger partial charge on any atom is -0.444 e. The van der Waals surface area contributed by atoms with E-state index >= 15 is 0 Å². The number of fused-ring (bicyclic) bond motifs is 5. The number of nitrogens with zero attached hydrogens (tertiary/aromatic N) is 12. The molecule has 3 aliphatic carbocycles. The fraction of sp³-hybridized carbons (Fsp3) is 0.482. The van der Waals surface area contributed by atoms with Gasteiger partial charge in [0, 0.05) is 105 Å². The fourth-order valence-electron chi connectivity index (χ4n) is 17.6. The number of aromatic nitrogens is 6. The highest BCUT2D eigenvalue weighted by Crippen LogP contribution is 2.62. The molecule has 4 aromatic carbocycles. The second kappa shape index (κ2) is 33.3. The van der Waals surface area contributed by atoms with Gasteiger partial charge in [0.15, 0.2) is 17.1 Å². The van der Waals surface area contributed by atoms with Gasteiger partial charge < -0.3 is 19.9 Å². The van der Waals surface area contributed by atoms with E-state index in [4.69, 9.17) is 66.4 Å². The van der Waals surface area contributed by atoms with E-state index in [1.165, 1.54) is 80.8 Å². The first-order valence-electron chi connectivity index (χ1n) is 38.7. The molecule has 29 heteroatoms. The molecule has 8 heterocycles. The van der Waals surface area contributed by atoms with Crippen LogP contribution in [0.5, 0.6) is 0 Å². The van der Waals surface area contributed by atoms with Crippen molar-refractivity contribution in [3.8, 4) is 11.4 Å². The molecule has 22 nitrogen and oxygen atoms in total. The molecular formula is C83H97Cl4F2N13O9S. The van der Waals surface area contributed by atoms with Crippen molar-refractivity contribution >= 4 is 115 Å². The summed E-state index contributed by atoms with van der Waals surface area (Å²) in [5, 5.41) is 22.3. The predicted octanol–water partition coefficient (Wildman–Crippen LogP) is 16.5. The number of carbonyl (C=O) groups excluding carboxylic acids is 6. The second-order valence-electron chi connectivity index (χ2n) is 32.7. The van der Waals surface area contributed by atoms with Gasteiger partial charge in [0.2, 0.25) is 21.8 Å². The van der Waals surface area contributed by atoms with Crippen molar-refractivity contribution in [2.75, 3.05) is 52.1 Å². The van der Waals surface area contributed by atoms with Gasteiger partial charge in [0.25, 0.3) is 17.7 Å². The maximum Gasteiger partial charge on any atom is 0.410 e. The number of likely N-dealkylation sites (tertiary alicyclic amines) is 1. The third kappa shape index (κ3) is 17.5. The van der Waals surface area contributed by atoms with Gasteiger partial charge in [-0.25, -0.2) is 41.4 Å². The lowest BCUT2D eigenvalue weighted by atomic mass is 9.68. The van der Waals surface area contributed by atoms with E-state index in [2.05, 4.69) is 30.8 Å². The number of imide groups is 1. The van der Waals surface area contributed by atoms with Gasteiger partial charge in [-0.15, -0.1) is 0 Å². The molecule has 3 saturated carbocycles. The number of piperidine rings is 2. The zero-order valence-electron chi connectivity index (χ0n) is 64.9. The fourth-order valence-corrected chi connectivity index (χ4v) is 19.4. The van der Waals surface area contributed by atoms with Crippen LogP contribution in [0.3, 0.4) is 0 Å². The molecule has 2 saturated heterocycles. The number of benzene rings is 4. The van der Waals surface area contributed by atoms with E-state index in [1.807, 2.05) is 17.1 Å². The highest BCUT2D eigenvalue weighted by Gasteiger charge is 2.60. The largest absolute Gasteiger partial charge is 0.444 e. The summed E-state index contributed by atoms with van der Waals surface area (Å²) in [7, 11) is -3.32. The highest BCUT2D eigenvalue weighted by atomic mass is 35.5. The Kier molecular flexibility index (Phi) is 24.3. The van der Waals surface area contributed by atoms with Gasteiger partial charge in [-0.2, -0.15) is 19.6 Å². The standard InChI is InChI=1S/C30H31Cl2FN4O3.C29H28Cl2FN5O3.C24H38N4O3S/c1-30(2,3)40-29(39)36-17-20(15-19-7-10-22(33)11-8-19)27-23(18-36)26(28(38)35-13-5-4-6-14-35)34-37(27)25-12-9-21(31)16-24(25)32;1-18(38)34-16-21(14-20-6-9-23(32)10-7-20)28-24(17-34)27(33-36(28)26-11-8-22(30)15-25(26)31)29(40)37(19(2)39)35-12-4-3-5-13-35;1-23(2)16-10-12-24(3,14-16)22(23)25-21(29)20-18-15-27(32(4,30)31)13-11-19(18)28(26-20)17-8-6-5-7-9-17/h7-12,15-16H,4-6,13-14,17-18H2,1-3H3;6-11,14-15H,3-5,12-13,16-17H2,1-2H3;16-17,22H,5-15H2,1-4H3,(H,25,29)/b20-15+;21-14+;. The van der Waals surface area contributed by atoms with Crippen LogP contribution in [0.25, 0.3) is 34.7 Å². The normalized spacial score (nSPS) is 21.3. The van der Waals surface area contributed by atoms with Crippen LogP contribution in [0, 0.1) is 28.4 Å². The van der Waals surface area contributed by atoms with Crippen LogP contribution in [0.1, 0.15) is 228 Å². The first-order chi connectivity index (χ1) is 53.1. The van der Waals surface area contributed by atoms with E-state index in [9.17, 15) is 46.0 Å². The Morgan fingerprint density at radius 1 is 0.607 bits per heavy atom. The first kappa shape index (κ1) is 81.7. The Bertz CT molecular complexity index is 4970. The molecule has 0 radical (unpaired) electrons. The summed E-state index contributed by atoms with van der Waals surface area (Å²) in [6.07, 6.45) is 20.1. The lowest BCUT2D eigenvalue weighted by Crippen LogP contribution is -2.52. The molecule has 3 aromatic heterocycles. The zero-order valence-corrected chi connectivity index (χ0v) is 68.7. The average molecular weight is 1630 g/mol. The number of hydrogen-bond donors (Lipinski definition) is 1. The van der Waals surface area contributed by atoms with Crippen molar-refractivity contribution in [1.82, 2.24) is 63.7 Å². The minimum absolute atomic E-state index is 0.0535. The van der Waals surface area contributed by atoms with E-state index in [1.54, 1.807) is 106 Å². The smallest absolute Gasteiger partial charge is 0.410 e. The average Bonchev–Trinajstić information content (AvgIpc) is 1.57. The predicted molar refractivity (Wildman–Crippen MR) is 429 cm³/mol. The third-order valence-corrected chi connectivity index (χ3v) is 25.5. The maximum absolute atomic E-state index is 14.1. The molecule has 3 atom stereocenters. The van der Waals surface area contributed by atoms with Crippen molar-refractivity contribution in [3.63, 3.8) is 0 Å². The van der Waals surface area contributed by atoms with Crippen LogP contribution in [0.4, 0.5) is 13.6 Å².